The van der Waals surface area contributed by atoms with E-state index in [1.54, 1.807) is 12.1 Å². The number of sulfonamides is 1. The third-order valence-corrected chi connectivity index (χ3v) is 5.80. The Balaban J connectivity index is 2.45. The summed E-state index contributed by atoms with van der Waals surface area (Å²) in [7, 11) is -2.84. The summed E-state index contributed by atoms with van der Waals surface area (Å²) in [5.74, 6) is -0.854. The third-order valence-electron chi connectivity index (χ3n) is 3.05. The second-order valence-corrected chi connectivity index (χ2v) is 7.25. The summed E-state index contributed by atoms with van der Waals surface area (Å²) in [6.07, 6.45) is 0. The van der Waals surface area contributed by atoms with E-state index < -0.39 is 28.1 Å². The van der Waals surface area contributed by atoms with E-state index >= 15 is 0 Å². The highest BCUT2D eigenvalue weighted by Gasteiger charge is 2.39. The molecule has 0 aliphatic heterocycles. The van der Waals surface area contributed by atoms with E-state index in [-0.39, 0.29) is 4.90 Å². The van der Waals surface area contributed by atoms with E-state index in [0.29, 0.717) is 5.39 Å². The number of methoxy groups -OCH3 is 1. The standard InChI is InChI=1S/C13H15NO5S2/c1-13(8-15,12(16)19-2)14-21(17,18)11-7-20-10-6-4-3-5-9(10)11/h3-7,14-15H,8H2,1-2H3. The van der Waals surface area contributed by atoms with Crippen LogP contribution in [0.25, 0.3) is 10.1 Å². The van der Waals surface area contributed by atoms with Crippen LogP contribution in [-0.2, 0) is 19.6 Å². The van der Waals surface area contributed by atoms with Crippen LogP contribution in [0.1, 0.15) is 6.92 Å². The molecule has 0 amide bonds. The van der Waals surface area contributed by atoms with Crippen LogP contribution in [-0.4, -0.2) is 38.7 Å². The minimum atomic E-state index is -3.97. The molecular formula is C13H15NO5S2. The molecule has 0 aliphatic rings. The molecule has 1 heterocycles. The molecule has 0 fully saturated rings. The maximum absolute atomic E-state index is 12.5. The van der Waals surface area contributed by atoms with Crippen molar-refractivity contribution in [2.75, 3.05) is 13.7 Å². The number of benzene rings is 1. The van der Waals surface area contributed by atoms with Crippen LogP contribution in [0.5, 0.6) is 0 Å². The lowest BCUT2D eigenvalue weighted by atomic mass is 10.1. The fourth-order valence-electron chi connectivity index (χ4n) is 1.88. The van der Waals surface area contributed by atoms with Gasteiger partial charge in [-0.1, -0.05) is 18.2 Å². The summed E-state index contributed by atoms with van der Waals surface area (Å²) in [5, 5.41) is 11.4. The number of aliphatic hydroxyl groups excluding tert-OH is 1. The van der Waals surface area contributed by atoms with Crippen molar-refractivity contribution < 1.29 is 23.1 Å². The van der Waals surface area contributed by atoms with Gasteiger partial charge in [0.05, 0.1) is 13.7 Å². The molecule has 1 aromatic carbocycles. The predicted octanol–water partition coefficient (Wildman–Crippen LogP) is 1.10. The van der Waals surface area contributed by atoms with Crippen LogP contribution in [0.3, 0.4) is 0 Å². The van der Waals surface area contributed by atoms with Gasteiger partial charge in [0, 0.05) is 15.5 Å². The van der Waals surface area contributed by atoms with Crippen LogP contribution in [0.2, 0.25) is 0 Å². The van der Waals surface area contributed by atoms with Gasteiger partial charge in [-0.05, 0) is 13.0 Å². The Morgan fingerprint density at radius 3 is 2.71 bits per heavy atom. The summed E-state index contributed by atoms with van der Waals surface area (Å²) >= 11 is 1.29. The van der Waals surface area contributed by atoms with Crippen molar-refractivity contribution in [1.82, 2.24) is 4.72 Å². The fourth-order valence-corrected chi connectivity index (χ4v) is 4.73. The Morgan fingerprint density at radius 2 is 2.10 bits per heavy atom. The third kappa shape index (κ3) is 2.93. The quantitative estimate of drug-likeness (QED) is 0.802. The molecule has 2 aromatic rings. The lowest BCUT2D eigenvalue weighted by Crippen LogP contribution is -2.55. The molecule has 0 radical (unpaired) electrons. The molecule has 0 bridgehead atoms. The van der Waals surface area contributed by atoms with E-state index in [9.17, 15) is 18.3 Å². The van der Waals surface area contributed by atoms with Gasteiger partial charge in [0.25, 0.3) is 0 Å². The Morgan fingerprint density at radius 1 is 1.43 bits per heavy atom. The van der Waals surface area contributed by atoms with Crippen molar-refractivity contribution in [2.24, 2.45) is 0 Å². The van der Waals surface area contributed by atoms with Gasteiger partial charge in [0.1, 0.15) is 4.90 Å². The SMILES string of the molecule is COC(=O)C(C)(CO)NS(=O)(=O)c1csc2ccccc12. The number of nitrogens with one attached hydrogen (secondary N) is 1. The topological polar surface area (TPSA) is 92.7 Å². The Labute approximate surface area is 126 Å². The summed E-state index contributed by atoms with van der Waals surface area (Å²) < 4.78 is 32.5. The van der Waals surface area contributed by atoms with Gasteiger partial charge in [-0.3, -0.25) is 0 Å². The average Bonchev–Trinajstić information content (AvgIpc) is 2.90. The second kappa shape index (κ2) is 5.72. The van der Waals surface area contributed by atoms with Crippen LogP contribution in [0, 0.1) is 0 Å². The maximum atomic E-state index is 12.5. The molecule has 0 aliphatic carbocycles. The van der Waals surface area contributed by atoms with Crippen molar-refractivity contribution >= 4 is 37.4 Å². The molecule has 21 heavy (non-hydrogen) atoms. The molecule has 1 aromatic heterocycles. The number of ether oxygens (including phenoxy) is 1. The van der Waals surface area contributed by atoms with Gasteiger partial charge in [0.2, 0.25) is 10.0 Å². The minimum Gasteiger partial charge on any atom is -0.468 e. The summed E-state index contributed by atoms with van der Waals surface area (Å²) in [6.45, 7) is 0.561. The van der Waals surface area contributed by atoms with Gasteiger partial charge < -0.3 is 9.84 Å². The smallest absolute Gasteiger partial charge is 0.329 e. The van der Waals surface area contributed by atoms with Crippen molar-refractivity contribution in [1.29, 1.82) is 0 Å². The lowest BCUT2D eigenvalue weighted by molar-refractivity contribution is -0.148. The van der Waals surface area contributed by atoms with Gasteiger partial charge in [0.15, 0.2) is 5.54 Å². The minimum absolute atomic E-state index is 0.0756. The largest absolute Gasteiger partial charge is 0.468 e. The molecule has 2 N–H and O–H groups in total. The Kier molecular flexibility index (Phi) is 4.33. The molecule has 6 nitrogen and oxygen atoms in total. The Bertz CT molecular complexity index is 768. The van der Waals surface area contributed by atoms with Crippen molar-refractivity contribution in [2.45, 2.75) is 17.4 Å². The lowest BCUT2D eigenvalue weighted by Gasteiger charge is -2.25. The number of rotatable bonds is 5. The molecule has 0 saturated heterocycles. The second-order valence-electron chi connectivity index (χ2n) is 4.68. The molecule has 0 saturated carbocycles. The zero-order valence-electron chi connectivity index (χ0n) is 11.5. The highest BCUT2D eigenvalue weighted by Crippen LogP contribution is 2.29. The van der Waals surface area contributed by atoms with E-state index in [1.165, 1.54) is 23.6 Å². The first-order chi connectivity index (χ1) is 9.84. The van der Waals surface area contributed by atoms with Crippen LogP contribution in [0.15, 0.2) is 34.5 Å². The first-order valence-electron chi connectivity index (χ1n) is 6.03. The van der Waals surface area contributed by atoms with Crippen molar-refractivity contribution in [3.8, 4) is 0 Å². The zero-order valence-corrected chi connectivity index (χ0v) is 13.1. The van der Waals surface area contributed by atoms with Gasteiger partial charge in [-0.15, -0.1) is 11.3 Å². The van der Waals surface area contributed by atoms with Gasteiger partial charge in [-0.25, -0.2) is 13.2 Å². The summed E-state index contributed by atoms with van der Waals surface area (Å²) in [5.41, 5.74) is -1.73. The molecule has 0 spiro atoms. The van der Waals surface area contributed by atoms with E-state index in [1.807, 2.05) is 12.1 Å². The highest BCUT2D eigenvalue weighted by molar-refractivity contribution is 7.90. The first-order valence-corrected chi connectivity index (χ1v) is 8.40. The zero-order chi connectivity index (χ0) is 15.7. The number of thiophene rings is 1. The summed E-state index contributed by atoms with van der Waals surface area (Å²) in [6, 6.07) is 7.05. The number of esters is 1. The van der Waals surface area contributed by atoms with Gasteiger partial charge >= 0.3 is 5.97 Å². The number of hydrogen-bond acceptors (Lipinski definition) is 6. The molecule has 1 unspecified atom stereocenters. The normalized spacial score (nSPS) is 14.8. The number of hydrogen-bond donors (Lipinski definition) is 2. The van der Waals surface area contributed by atoms with E-state index in [4.69, 9.17) is 0 Å². The van der Waals surface area contributed by atoms with Gasteiger partial charge in [-0.2, -0.15) is 4.72 Å². The maximum Gasteiger partial charge on any atom is 0.329 e. The number of carbonyl (C=O) groups is 1. The van der Waals surface area contributed by atoms with Crippen LogP contribution >= 0.6 is 11.3 Å². The first kappa shape index (κ1) is 15.9. The monoisotopic (exact) mass is 329 g/mol. The Hall–Kier alpha value is -1.48. The molecule has 1 atom stereocenters. The van der Waals surface area contributed by atoms with Crippen LogP contribution < -0.4 is 4.72 Å². The highest BCUT2D eigenvalue weighted by atomic mass is 32.2. The molecule has 8 heteroatoms. The number of fused-ring (bicyclic) bond motifs is 1. The fraction of sp³-hybridized carbons (Fsp3) is 0.308. The average molecular weight is 329 g/mol. The van der Waals surface area contributed by atoms with E-state index in [0.717, 1.165) is 11.8 Å². The predicted molar refractivity (Wildman–Crippen MR) is 79.7 cm³/mol. The van der Waals surface area contributed by atoms with Crippen molar-refractivity contribution in [3.63, 3.8) is 0 Å². The summed E-state index contributed by atoms with van der Waals surface area (Å²) in [4.78, 5) is 11.7. The molecule has 114 valence electrons. The number of aliphatic hydroxyl groups is 1. The molecular weight excluding hydrogens is 314 g/mol. The molecule has 2 rings (SSSR count). The van der Waals surface area contributed by atoms with E-state index in [2.05, 4.69) is 9.46 Å². The van der Waals surface area contributed by atoms with Crippen molar-refractivity contribution in [3.05, 3.63) is 29.6 Å². The number of carbonyl (C=O) groups excluding carboxylic acids is 1. The van der Waals surface area contributed by atoms with Crippen LogP contribution in [0.4, 0.5) is 0 Å².